The van der Waals surface area contributed by atoms with Crippen LogP contribution in [-0.4, -0.2) is 49.3 Å². The molecular formula is C17H31N3O. The molecule has 0 aromatic carbocycles. The second-order valence-electron chi connectivity index (χ2n) is 7.08. The minimum absolute atomic E-state index is 0.287. The SMILES string of the molecule is CC(C)NC1(C#N)CCCC1CCN(C)C1CCOCC1. The number of ether oxygens (including phenoxy) is 1. The minimum Gasteiger partial charge on any atom is -0.381 e. The molecule has 1 aliphatic carbocycles. The highest BCUT2D eigenvalue weighted by Gasteiger charge is 2.43. The van der Waals surface area contributed by atoms with Crippen LogP contribution in [0, 0.1) is 17.2 Å². The van der Waals surface area contributed by atoms with Crippen LogP contribution in [0.15, 0.2) is 0 Å². The fourth-order valence-corrected chi connectivity index (χ4v) is 4.02. The molecule has 4 heteroatoms. The summed E-state index contributed by atoms with van der Waals surface area (Å²) in [6.07, 6.45) is 6.80. The first-order valence-electron chi connectivity index (χ1n) is 8.54. The van der Waals surface area contributed by atoms with Gasteiger partial charge in [-0.2, -0.15) is 5.26 Å². The molecule has 0 amide bonds. The molecule has 1 saturated heterocycles. The van der Waals surface area contributed by atoms with E-state index in [-0.39, 0.29) is 5.54 Å². The standard InChI is InChI=1S/C17H31N3O/c1-14(2)19-17(13-18)9-4-5-15(17)6-10-20(3)16-7-11-21-12-8-16/h14-16,19H,4-12H2,1-3H3. The largest absolute Gasteiger partial charge is 0.381 e. The molecule has 2 atom stereocenters. The lowest BCUT2D eigenvalue weighted by Crippen LogP contribution is -2.51. The monoisotopic (exact) mass is 293 g/mol. The topological polar surface area (TPSA) is 48.3 Å². The lowest BCUT2D eigenvalue weighted by molar-refractivity contribution is 0.0406. The zero-order valence-electron chi connectivity index (χ0n) is 13.9. The van der Waals surface area contributed by atoms with Crippen molar-refractivity contribution in [2.24, 2.45) is 5.92 Å². The van der Waals surface area contributed by atoms with E-state index in [1.807, 2.05) is 0 Å². The molecular weight excluding hydrogens is 262 g/mol. The van der Waals surface area contributed by atoms with Crippen LogP contribution in [0.2, 0.25) is 0 Å². The number of nitriles is 1. The lowest BCUT2D eigenvalue weighted by atomic mass is 9.85. The molecule has 21 heavy (non-hydrogen) atoms. The molecule has 2 aliphatic rings. The van der Waals surface area contributed by atoms with Gasteiger partial charge in [-0.15, -0.1) is 0 Å². The van der Waals surface area contributed by atoms with Gasteiger partial charge in [0.1, 0.15) is 5.54 Å². The van der Waals surface area contributed by atoms with Crippen molar-refractivity contribution in [1.82, 2.24) is 10.2 Å². The van der Waals surface area contributed by atoms with Crippen LogP contribution >= 0.6 is 0 Å². The van der Waals surface area contributed by atoms with Crippen LogP contribution in [0.5, 0.6) is 0 Å². The van der Waals surface area contributed by atoms with Crippen LogP contribution in [0.3, 0.4) is 0 Å². The van der Waals surface area contributed by atoms with Gasteiger partial charge in [0.05, 0.1) is 6.07 Å². The van der Waals surface area contributed by atoms with Gasteiger partial charge in [0.25, 0.3) is 0 Å². The van der Waals surface area contributed by atoms with Crippen LogP contribution < -0.4 is 5.32 Å². The van der Waals surface area contributed by atoms with Crippen LogP contribution in [0.25, 0.3) is 0 Å². The van der Waals surface area contributed by atoms with Crippen molar-refractivity contribution in [3.05, 3.63) is 0 Å². The highest BCUT2D eigenvalue weighted by Crippen LogP contribution is 2.38. The van der Waals surface area contributed by atoms with E-state index in [1.165, 1.54) is 12.8 Å². The molecule has 0 spiro atoms. The second-order valence-corrected chi connectivity index (χ2v) is 7.08. The Balaban J connectivity index is 1.87. The van der Waals surface area contributed by atoms with Crippen molar-refractivity contribution in [3.8, 4) is 6.07 Å². The third-order valence-corrected chi connectivity index (χ3v) is 5.21. The average molecular weight is 293 g/mol. The predicted molar refractivity (Wildman–Crippen MR) is 85.0 cm³/mol. The Morgan fingerprint density at radius 2 is 2.05 bits per heavy atom. The summed E-state index contributed by atoms with van der Waals surface area (Å²) in [5.41, 5.74) is -0.287. The molecule has 120 valence electrons. The van der Waals surface area contributed by atoms with Gasteiger partial charge < -0.3 is 9.64 Å². The first-order chi connectivity index (χ1) is 10.1. The van der Waals surface area contributed by atoms with Gasteiger partial charge in [-0.25, -0.2) is 0 Å². The molecule has 0 aromatic heterocycles. The summed E-state index contributed by atoms with van der Waals surface area (Å²) in [5.74, 6) is 0.493. The quantitative estimate of drug-likeness (QED) is 0.817. The van der Waals surface area contributed by atoms with E-state index in [9.17, 15) is 5.26 Å². The third kappa shape index (κ3) is 4.18. The molecule has 0 bridgehead atoms. The van der Waals surface area contributed by atoms with E-state index in [2.05, 4.69) is 37.2 Å². The van der Waals surface area contributed by atoms with Gasteiger partial charge >= 0.3 is 0 Å². The number of nitrogens with zero attached hydrogens (tertiary/aromatic N) is 2. The highest BCUT2D eigenvalue weighted by atomic mass is 16.5. The van der Waals surface area contributed by atoms with Gasteiger partial charge in [0.2, 0.25) is 0 Å². The fraction of sp³-hybridized carbons (Fsp3) is 0.941. The summed E-state index contributed by atoms with van der Waals surface area (Å²) in [6.45, 7) is 7.18. The summed E-state index contributed by atoms with van der Waals surface area (Å²) in [6, 6.07) is 3.65. The molecule has 4 nitrogen and oxygen atoms in total. The molecule has 2 unspecified atom stereocenters. The molecule has 0 aromatic rings. The highest BCUT2D eigenvalue weighted by molar-refractivity contribution is 5.14. The van der Waals surface area contributed by atoms with Crippen LogP contribution in [0.1, 0.15) is 52.4 Å². The smallest absolute Gasteiger partial charge is 0.109 e. The molecule has 1 saturated carbocycles. The van der Waals surface area contributed by atoms with Gasteiger partial charge in [-0.3, -0.25) is 5.32 Å². The van der Waals surface area contributed by atoms with E-state index >= 15 is 0 Å². The zero-order valence-corrected chi connectivity index (χ0v) is 13.9. The normalized spacial score (nSPS) is 31.0. The summed E-state index contributed by atoms with van der Waals surface area (Å²) < 4.78 is 5.44. The summed E-state index contributed by atoms with van der Waals surface area (Å²) in [7, 11) is 2.23. The van der Waals surface area contributed by atoms with Crippen LogP contribution in [0.4, 0.5) is 0 Å². The maximum atomic E-state index is 9.71. The Morgan fingerprint density at radius 1 is 1.33 bits per heavy atom. The molecule has 1 heterocycles. The van der Waals surface area contributed by atoms with Crippen LogP contribution in [-0.2, 0) is 4.74 Å². The molecule has 2 fully saturated rings. The Labute approximate surface area is 129 Å². The Hall–Kier alpha value is -0.630. The second kappa shape index (κ2) is 7.58. The van der Waals surface area contributed by atoms with Crippen molar-refractivity contribution in [2.45, 2.75) is 70.0 Å². The van der Waals surface area contributed by atoms with Crippen molar-refractivity contribution in [1.29, 1.82) is 5.26 Å². The van der Waals surface area contributed by atoms with Crippen molar-refractivity contribution < 1.29 is 4.74 Å². The first-order valence-corrected chi connectivity index (χ1v) is 8.54. The van der Waals surface area contributed by atoms with E-state index < -0.39 is 0 Å². The van der Waals surface area contributed by atoms with E-state index in [1.54, 1.807) is 0 Å². The van der Waals surface area contributed by atoms with E-state index in [0.717, 1.165) is 45.4 Å². The maximum absolute atomic E-state index is 9.71. The molecule has 0 radical (unpaired) electrons. The number of nitrogens with one attached hydrogen (secondary N) is 1. The van der Waals surface area contributed by atoms with Gasteiger partial charge in [0, 0.05) is 25.3 Å². The van der Waals surface area contributed by atoms with Gasteiger partial charge in [-0.05, 0) is 65.5 Å². The average Bonchev–Trinajstić information content (AvgIpc) is 2.88. The number of hydrogen-bond acceptors (Lipinski definition) is 4. The summed E-state index contributed by atoms with van der Waals surface area (Å²) in [5, 5.41) is 13.3. The number of hydrogen-bond donors (Lipinski definition) is 1. The van der Waals surface area contributed by atoms with Gasteiger partial charge in [-0.1, -0.05) is 6.42 Å². The van der Waals surface area contributed by atoms with Crippen molar-refractivity contribution in [3.63, 3.8) is 0 Å². The number of rotatable bonds is 6. The maximum Gasteiger partial charge on any atom is 0.109 e. The predicted octanol–water partition coefficient (Wildman–Crippen LogP) is 2.55. The van der Waals surface area contributed by atoms with Gasteiger partial charge in [0.15, 0.2) is 0 Å². The first kappa shape index (κ1) is 16.7. The minimum atomic E-state index is -0.287. The molecule has 2 rings (SSSR count). The third-order valence-electron chi connectivity index (χ3n) is 5.21. The van der Waals surface area contributed by atoms with Crippen molar-refractivity contribution in [2.75, 3.05) is 26.8 Å². The Kier molecular flexibility index (Phi) is 6.04. The van der Waals surface area contributed by atoms with E-state index in [4.69, 9.17) is 4.74 Å². The zero-order chi connectivity index (χ0) is 15.3. The van der Waals surface area contributed by atoms with E-state index in [0.29, 0.717) is 18.0 Å². The van der Waals surface area contributed by atoms with Crippen molar-refractivity contribution >= 4 is 0 Å². The fourth-order valence-electron chi connectivity index (χ4n) is 4.02. The summed E-state index contributed by atoms with van der Waals surface area (Å²) >= 11 is 0. The lowest BCUT2D eigenvalue weighted by Gasteiger charge is -2.35. The summed E-state index contributed by atoms with van der Waals surface area (Å²) in [4.78, 5) is 2.48. The molecule has 1 aliphatic heterocycles. The Bertz CT molecular complexity index is 360. The Morgan fingerprint density at radius 3 is 2.67 bits per heavy atom. The molecule has 1 N–H and O–H groups in total.